The summed E-state index contributed by atoms with van der Waals surface area (Å²) in [5, 5.41) is 8.63. The minimum Gasteiger partial charge on any atom is -0.493 e. The van der Waals surface area contributed by atoms with E-state index in [1.54, 1.807) is 43.7 Å². The molecule has 33 heavy (non-hydrogen) atoms. The highest BCUT2D eigenvalue weighted by atomic mass is 19.1. The number of allylic oxidation sites excluding steroid dienone is 1. The Labute approximate surface area is 191 Å². The number of furan rings is 1. The SMILES string of the molecule is CN(Cc1cc(F)ccc1OCC/C=C/CCC(=O)O)C(=O)c1ccc(-c2ccco2)cc1. The average molecular weight is 451 g/mol. The number of carbonyl (C=O) groups excluding carboxylic acids is 1. The number of amides is 1. The molecule has 1 heterocycles. The molecule has 0 spiro atoms. The van der Waals surface area contributed by atoms with Crippen LogP contribution in [0.1, 0.15) is 35.2 Å². The van der Waals surface area contributed by atoms with Gasteiger partial charge in [-0.05, 0) is 55.3 Å². The van der Waals surface area contributed by atoms with Crippen molar-refractivity contribution < 1.29 is 28.2 Å². The van der Waals surface area contributed by atoms with Crippen LogP contribution in [0.3, 0.4) is 0 Å². The van der Waals surface area contributed by atoms with Crippen LogP contribution in [-0.2, 0) is 11.3 Å². The number of nitrogens with zero attached hydrogens (tertiary/aromatic N) is 1. The molecular formula is C26H26FNO5. The quantitative estimate of drug-likeness (QED) is 0.306. The first-order valence-corrected chi connectivity index (χ1v) is 10.6. The van der Waals surface area contributed by atoms with Gasteiger partial charge in [0.25, 0.3) is 5.91 Å². The number of ether oxygens (including phenoxy) is 1. The number of carboxylic acid groups (broad SMARTS) is 1. The Morgan fingerprint density at radius 1 is 1.09 bits per heavy atom. The van der Waals surface area contributed by atoms with Crippen molar-refractivity contribution in [1.29, 1.82) is 0 Å². The summed E-state index contributed by atoms with van der Waals surface area (Å²) in [7, 11) is 1.66. The fourth-order valence-electron chi connectivity index (χ4n) is 3.26. The maximum absolute atomic E-state index is 13.9. The van der Waals surface area contributed by atoms with Crippen LogP contribution in [0.25, 0.3) is 11.3 Å². The highest BCUT2D eigenvalue weighted by Gasteiger charge is 2.15. The molecular weight excluding hydrogens is 425 g/mol. The van der Waals surface area contributed by atoms with E-state index in [1.807, 2.05) is 24.3 Å². The van der Waals surface area contributed by atoms with Crippen LogP contribution >= 0.6 is 0 Å². The van der Waals surface area contributed by atoms with Gasteiger partial charge in [-0.15, -0.1) is 0 Å². The lowest BCUT2D eigenvalue weighted by Crippen LogP contribution is -2.26. The van der Waals surface area contributed by atoms with Crippen molar-refractivity contribution in [3.63, 3.8) is 0 Å². The van der Waals surface area contributed by atoms with E-state index >= 15 is 0 Å². The molecule has 2 aromatic carbocycles. The molecule has 0 fully saturated rings. The highest BCUT2D eigenvalue weighted by Crippen LogP contribution is 2.24. The van der Waals surface area contributed by atoms with Crippen LogP contribution in [0.5, 0.6) is 5.75 Å². The van der Waals surface area contributed by atoms with E-state index in [-0.39, 0.29) is 18.9 Å². The zero-order valence-electron chi connectivity index (χ0n) is 18.4. The predicted molar refractivity (Wildman–Crippen MR) is 122 cm³/mol. The lowest BCUT2D eigenvalue weighted by atomic mass is 10.1. The highest BCUT2D eigenvalue weighted by molar-refractivity contribution is 5.94. The van der Waals surface area contributed by atoms with E-state index in [2.05, 4.69) is 0 Å². The van der Waals surface area contributed by atoms with E-state index in [4.69, 9.17) is 14.3 Å². The summed E-state index contributed by atoms with van der Waals surface area (Å²) in [6.07, 6.45) is 6.39. The van der Waals surface area contributed by atoms with Gasteiger partial charge in [0.05, 0.1) is 12.9 Å². The average Bonchev–Trinajstić information content (AvgIpc) is 3.34. The Balaban J connectivity index is 1.59. The molecule has 1 amide bonds. The molecule has 7 heteroatoms. The molecule has 0 radical (unpaired) electrons. The first-order valence-electron chi connectivity index (χ1n) is 10.6. The number of halogens is 1. The van der Waals surface area contributed by atoms with E-state index in [1.165, 1.54) is 17.0 Å². The lowest BCUT2D eigenvalue weighted by molar-refractivity contribution is -0.136. The van der Waals surface area contributed by atoms with Gasteiger partial charge in [-0.25, -0.2) is 4.39 Å². The van der Waals surface area contributed by atoms with Gasteiger partial charge in [-0.3, -0.25) is 9.59 Å². The van der Waals surface area contributed by atoms with E-state index in [9.17, 15) is 14.0 Å². The van der Waals surface area contributed by atoms with Crippen molar-refractivity contribution in [3.05, 3.63) is 90.0 Å². The number of rotatable bonds is 11. The van der Waals surface area contributed by atoms with E-state index in [0.717, 1.165) is 11.3 Å². The van der Waals surface area contributed by atoms with Crippen LogP contribution in [0.15, 0.2) is 77.4 Å². The van der Waals surface area contributed by atoms with Gasteiger partial charge in [-0.1, -0.05) is 24.3 Å². The molecule has 0 aliphatic heterocycles. The van der Waals surface area contributed by atoms with Crippen LogP contribution in [0.2, 0.25) is 0 Å². The molecule has 0 saturated heterocycles. The Kier molecular flexibility index (Phi) is 8.41. The summed E-state index contributed by atoms with van der Waals surface area (Å²) >= 11 is 0. The van der Waals surface area contributed by atoms with Crippen molar-refractivity contribution in [2.75, 3.05) is 13.7 Å². The fourth-order valence-corrected chi connectivity index (χ4v) is 3.26. The predicted octanol–water partition coefficient (Wildman–Crippen LogP) is 5.55. The monoisotopic (exact) mass is 451 g/mol. The van der Waals surface area contributed by atoms with E-state index < -0.39 is 11.8 Å². The summed E-state index contributed by atoms with van der Waals surface area (Å²) in [5.41, 5.74) is 1.95. The van der Waals surface area contributed by atoms with Crippen LogP contribution in [-0.4, -0.2) is 35.5 Å². The van der Waals surface area contributed by atoms with Gasteiger partial charge in [0.1, 0.15) is 17.3 Å². The third-order valence-corrected chi connectivity index (χ3v) is 4.95. The van der Waals surface area contributed by atoms with Crippen molar-refractivity contribution in [2.24, 2.45) is 0 Å². The third-order valence-electron chi connectivity index (χ3n) is 4.95. The molecule has 1 aromatic heterocycles. The number of carbonyl (C=O) groups is 2. The minimum atomic E-state index is -0.834. The maximum Gasteiger partial charge on any atom is 0.303 e. The Bertz CT molecular complexity index is 1090. The molecule has 0 bridgehead atoms. The van der Waals surface area contributed by atoms with Crippen LogP contribution < -0.4 is 4.74 Å². The molecule has 0 aliphatic rings. The van der Waals surface area contributed by atoms with Gasteiger partial charge in [0.2, 0.25) is 0 Å². The van der Waals surface area contributed by atoms with Crippen molar-refractivity contribution >= 4 is 11.9 Å². The molecule has 0 atom stereocenters. The molecule has 0 aliphatic carbocycles. The number of benzene rings is 2. The maximum atomic E-state index is 13.9. The minimum absolute atomic E-state index is 0.0887. The van der Waals surface area contributed by atoms with Crippen molar-refractivity contribution in [2.45, 2.75) is 25.8 Å². The topological polar surface area (TPSA) is 80.0 Å². The van der Waals surface area contributed by atoms with Gasteiger partial charge >= 0.3 is 5.97 Å². The molecule has 3 rings (SSSR count). The van der Waals surface area contributed by atoms with Crippen molar-refractivity contribution in [3.8, 4) is 17.1 Å². The zero-order valence-corrected chi connectivity index (χ0v) is 18.4. The normalized spacial score (nSPS) is 11.0. The lowest BCUT2D eigenvalue weighted by Gasteiger charge is -2.20. The third kappa shape index (κ3) is 7.07. The molecule has 0 saturated carbocycles. The molecule has 1 N–H and O–H groups in total. The van der Waals surface area contributed by atoms with Gasteiger partial charge in [-0.2, -0.15) is 0 Å². The van der Waals surface area contributed by atoms with Gasteiger partial charge in [0, 0.05) is 36.7 Å². The summed E-state index contributed by atoms with van der Waals surface area (Å²) < 4.78 is 25.0. The smallest absolute Gasteiger partial charge is 0.303 e. The summed E-state index contributed by atoms with van der Waals surface area (Å²) in [6.45, 7) is 0.536. The second-order valence-electron chi connectivity index (χ2n) is 7.51. The van der Waals surface area contributed by atoms with Crippen LogP contribution in [0, 0.1) is 5.82 Å². The van der Waals surface area contributed by atoms with E-state index in [0.29, 0.717) is 36.3 Å². The Morgan fingerprint density at radius 3 is 2.55 bits per heavy atom. The first-order chi connectivity index (χ1) is 15.9. The largest absolute Gasteiger partial charge is 0.493 e. The number of carboxylic acids is 1. The Morgan fingerprint density at radius 2 is 1.85 bits per heavy atom. The summed E-state index contributed by atoms with van der Waals surface area (Å²) in [5.74, 6) is -0.213. The second kappa shape index (κ2) is 11.7. The summed E-state index contributed by atoms with van der Waals surface area (Å²) in [4.78, 5) is 24.9. The van der Waals surface area contributed by atoms with Gasteiger partial charge < -0.3 is 19.2 Å². The number of aliphatic carboxylic acids is 1. The van der Waals surface area contributed by atoms with Gasteiger partial charge in [0.15, 0.2) is 0 Å². The summed E-state index contributed by atoms with van der Waals surface area (Å²) in [6, 6.07) is 15.0. The molecule has 0 unspecified atom stereocenters. The number of hydrogen-bond acceptors (Lipinski definition) is 4. The molecule has 172 valence electrons. The first kappa shape index (κ1) is 23.8. The second-order valence-corrected chi connectivity index (χ2v) is 7.51. The zero-order chi connectivity index (χ0) is 23.6. The Hall–Kier alpha value is -3.87. The molecule has 3 aromatic rings. The van der Waals surface area contributed by atoms with Crippen LogP contribution in [0.4, 0.5) is 4.39 Å². The fraction of sp³-hybridized carbons (Fsp3) is 0.231. The molecule has 6 nitrogen and oxygen atoms in total. The van der Waals surface area contributed by atoms with Crippen molar-refractivity contribution in [1.82, 2.24) is 4.90 Å². The standard InChI is InChI=1S/C26H26FNO5/c1-28(26(31)20-11-9-19(10-12-20)23-7-6-16-33-23)18-21-17-22(27)13-14-24(21)32-15-5-3-2-4-8-25(29)30/h2-3,6-7,9-14,16-17H,4-5,8,15,18H2,1H3,(H,29,30)/b3-2+. The number of hydrogen-bond donors (Lipinski definition) is 1.